The highest BCUT2D eigenvalue weighted by atomic mass is 16.3. The molecule has 0 spiro atoms. The summed E-state index contributed by atoms with van der Waals surface area (Å²) in [5, 5.41) is 18.3. The number of hydrogen-bond donors (Lipinski definition) is 2. The number of carbonyl (C=O) groups excluding carboxylic acids is 1. The molecule has 0 aromatic carbocycles. The van der Waals surface area contributed by atoms with E-state index < -0.39 is 0 Å². The first-order valence-corrected chi connectivity index (χ1v) is 10.3. The van der Waals surface area contributed by atoms with E-state index in [0.29, 0.717) is 19.1 Å². The number of carbonyl (C=O) groups is 1. The fourth-order valence-corrected chi connectivity index (χ4v) is 4.10. The number of rotatable bonds is 6. The number of nitrogens with one attached hydrogen (secondary N) is 2. The zero-order valence-corrected chi connectivity index (χ0v) is 16.2. The molecule has 0 radical (unpaired) electrons. The van der Waals surface area contributed by atoms with Gasteiger partial charge in [-0.1, -0.05) is 19.3 Å². The van der Waals surface area contributed by atoms with E-state index in [1.807, 2.05) is 12.1 Å². The van der Waals surface area contributed by atoms with Gasteiger partial charge in [-0.3, -0.25) is 4.90 Å². The molecule has 1 aliphatic carbocycles. The van der Waals surface area contributed by atoms with Gasteiger partial charge in [0, 0.05) is 25.2 Å². The number of hydrogen-bond acceptors (Lipinski definition) is 6. The van der Waals surface area contributed by atoms with Crippen LogP contribution < -0.4 is 10.6 Å². The maximum absolute atomic E-state index is 12.2. The molecule has 4 rings (SSSR count). The molecule has 0 atom stereocenters. The van der Waals surface area contributed by atoms with Crippen molar-refractivity contribution in [2.24, 2.45) is 0 Å². The highest BCUT2D eigenvalue weighted by Gasteiger charge is 2.23. The highest BCUT2D eigenvalue weighted by molar-refractivity contribution is 5.74. The number of amides is 2. The molecule has 3 heterocycles. The van der Waals surface area contributed by atoms with E-state index in [0.717, 1.165) is 50.4 Å². The summed E-state index contributed by atoms with van der Waals surface area (Å²) in [5.41, 5.74) is 0. The van der Waals surface area contributed by atoms with Crippen molar-refractivity contribution < 1.29 is 9.21 Å². The molecule has 2 N–H and O–H groups in total. The lowest BCUT2D eigenvalue weighted by atomic mass is 9.96. The summed E-state index contributed by atoms with van der Waals surface area (Å²) in [7, 11) is 0. The average Bonchev–Trinajstić information content (AvgIpc) is 3.37. The minimum Gasteiger partial charge on any atom is -0.467 e. The third-order valence-corrected chi connectivity index (χ3v) is 5.72. The lowest BCUT2D eigenvalue weighted by Crippen LogP contribution is -2.50. The van der Waals surface area contributed by atoms with E-state index in [9.17, 15) is 4.79 Å². The minimum atomic E-state index is -0.00672. The summed E-state index contributed by atoms with van der Waals surface area (Å²) in [6.45, 7) is 3.08. The molecule has 9 nitrogen and oxygen atoms in total. The number of tetrazole rings is 1. The maximum atomic E-state index is 12.2. The van der Waals surface area contributed by atoms with Crippen LogP contribution in [-0.2, 0) is 13.1 Å². The summed E-state index contributed by atoms with van der Waals surface area (Å²) in [4.78, 5) is 14.6. The molecular formula is C19H29N7O2. The Kier molecular flexibility index (Phi) is 6.20. The maximum Gasteiger partial charge on any atom is 0.315 e. The zero-order valence-electron chi connectivity index (χ0n) is 16.2. The van der Waals surface area contributed by atoms with Crippen LogP contribution >= 0.6 is 0 Å². The van der Waals surface area contributed by atoms with E-state index >= 15 is 0 Å². The van der Waals surface area contributed by atoms with E-state index in [1.165, 1.54) is 19.3 Å². The van der Waals surface area contributed by atoms with Gasteiger partial charge >= 0.3 is 6.03 Å². The Balaban J connectivity index is 1.20. The molecule has 1 saturated carbocycles. The van der Waals surface area contributed by atoms with Gasteiger partial charge in [0.15, 0.2) is 5.82 Å². The first-order valence-electron chi connectivity index (χ1n) is 10.3. The number of piperidine rings is 1. The van der Waals surface area contributed by atoms with Gasteiger partial charge in [0.2, 0.25) is 0 Å². The largest absolute Gasteiger partial charge is 0.467 e. The number of likely N-dealkylation sites (tertiary alicyclic amines) is 1. The van der Waals surface area contributed by atoms with E-state index in [4.69, 9.17) is 4.42 Å². The smallest absolute Gasteiger partial charge is 0.315 e. The van der Waals surface area contributed by atoms with Crippen LogP contribution in [0.1, 0.15) is 56.5 Å². The summed E-state index contributed by atoms with van der Waals surface area (Å²) in [5.74, 6) is 1.67. The van der Waals surface area contributed by atoms with Crippen molar-refractivity contribution in [3.8, 4) is 0 Å². The second-order valence-electron chi connectivity index (χ2n) is 7.84. The van der Waals surface area contributed by atoms with E-state index in [1.54, 1.807) is 10.9 Å². The summed E-state index contributed by atoms with van der Waals surface area (Å²) in [6.07, 6.45) is 9.50. The topological polar surface area (TPSA) is 101 Å². The number of nitrogens with zero attached hydrogens (tertiary/aromatic N) is 5. The van der Waals surface area contributed by atoms with Crippen LogP contribution in [-0.4, -0.2) is 56.3 Å². The molecular weight excluding hydrogens is 358 g/mol. The standard InChI is InChI=1S/C19H29N7O2/c27-19(20-15-5-2-1-3-6-15)21-16-8-10-25(11-9-16)14-18-22-23-24-26(18)13-17-7-4-12-28-17/h4,7,12,15-16H,1-3,5-6,8-11,13-14H2,(H2,20,21,27). The van der Waals surface area contributed by atoms with Gasteiger partial charge in [-0.25, -0.2) is 9.48 Å². The molecule has 2 fully saturated rings. The molecule has 2 aromatic heterocycles. The van der Waals surface area contributed by atoms with Crippen LogP contribution in [0.3, 0.4) is 0 Å². The fraction of sp³-hybridized carbons (Fsp3) is 0.684. The van der Waals surface area contributed by atoms with Gasteiger partial charge in [0.1, 0.15) is 12.3 Å². The number of urea groups is 1. The van der Waals surface area contributed by atoms with Crippen molar-refractivity contribution in [2.45, 2.75) is 70.1 Å². The van der Waals surface area contributed by atoms with Crippen molar-refractivity contribution in [3.05, 3.63) is 30.0 Å². The first kappa shape index (κ1) is 18.9. The lowest BCUT2D eigenvalue weighted by molar-refractivity contribution is 0.179. The van der Waals surface area contributed by atoms with Crippen molar-refractivity contribution >= 4 is 6.03 Å². The van der Waals surface area contributed by atoms with Gasteiger partial charge in [-0.05, 0) is 48.2 Å². The Hall–Kier alpha value is -2.42. The molecule has 152 valence electrons. The zero-order chi connectivity index (χ0) is 19.2. The quantitative estimate of drug-likeness (QED) is 0.785. The van der Waals surface area contributed by atoms with Crippen molar-refractivity contribution in [3.63, 3.8) is 0 Å². The Morgan fingerprint density at radius 2 is 1.82 bits per heavy atom. The Morgan fingerprint density at radius 1 is 1.07 bits per heavy atom. The van der Waals surface area contributed by atoms with Crippen molar-refractivity contribution in [1.82, 2.24) is 35.7 Å². The monoisotopic (exact) mass is 387 g/mol. The first-order chi connectivity index (χ1) is 13.8. The van der Waals surface area contributed by atoms with Crippen molar-refractivity contribution in [2.75, 3.05) is 13.1 Å². The number of furan rings is 1. The molecule has 2 amide bonds. The van der Waals surface area contributed by atoms with E-state index in [2.05, 4.69) is 31.1 Å². The van der Waals surface area contributed by atoms with Gasteiger partial charge in [-0.2, -0.15) is 0 Å². The fourth-order valence-electron chi connectivity index (χ4n) is 4.10. The van der Waals surface area contributed by atoms with Crippen LogP contribution in [0, 0.1) is 0 Å². The van der Waals surface area contributed by atoms with Gasteiger partial charge in [0.05, 0.1) is 12.8 Å². The molecule has 28 heavy (non-hydrogen) atoms. The molecule has 1 aliphatic heterocycles. The second-order valence-corrected chi connectivity index (χ2v) is 7.84. The normalized spacial score (nSPS) is 19.6. The Bertz CT molecular complexity index is 731. The second kappa shape index (κ2) is 9.18. The predicted octanol–water partition coefficient (Wildman–Crippen LogP) is 1.91. The summed E-state index contributed by atoms with van der Waals surface area (Å²) >= 11 is 0. The van der Waals surface area contributed by atoms with Crippen LogP contribution in [0.15, 0.2) is 22.8 Å². The van der Waals surface area contributed by atoms with Crippen LogP contribution in [0.25, 0.3) is 0 Å². The molecule has 0 bridgehead atoms. The summed E-state index contributed by atoms with van der Waals surface area (Å²) < 4.78 is 7.16. The molecule has 2 aliphatic rings. The van der Waals surface area contributed by atoms with Crippen LogP contribution in [0.2, 0.25) is 0 Å². The third-order valence-electron chi connectivity index (χ3n) is 5.72. The van der Waals surface area contributed by atoms with E-state index in [-0.39, 0.29) is 12.1 Å². The van der Waals surface area contributed by atoms with Crippen LogP contribution in [0.4, 0.5) is 4.79 Å². The molecule has 2 aromatic rings. The highest BCUT2D eigenvalue weighted by Crippen LogP contribution is 2.18. The lowest BCUT2D eigenvalue weighted by Gasteiger charge is -2.32. The van der Waals surface area contributed by atoms with Gasteiger partial charge in [-0.15, -0.1) is 5.10 Å². The minimum absolute atomic E-state index is 0.00672. The number of aromatic nitrogens is 4. The molecule has 0 unspecified atom stereocenters. The third kappa shape index (κ3) is 5.09. The predicted molar refractivity (Wildman–Crippen MR) is 102 cm³/mol. The van der Waals surface area contributed by atoms with Gasteiger partial charge < -0.3 is 15.1 Å². The van der Waals surface area contributed by atoms with Gasteiger partial charge in [0.25, 0.3) is 0 Å². The summed E-state index contributed by atoms with van der Waals surface area (Å²) in [6, 6.07) is 4.36. The Morgan fingerprint density at radius 3 is 2.54 bits per heavy atom. The van der Waals surface area contributed by atoms with Crippen LogP contribution in [0.5, 0.6) is 0 Å². The molecule has 1 saturated heterocycles. The Labute approximate surface area is 164 Å². The average molecular weight is 387 g/mol. The van der Waals surface area contributed by atoms with Crippen molar-refractivity contribution in [1.29, 1.82) is 0 Å². The molecule has 9 heteroatoms. The SMILES string of the molecule is O=C(NC1CCCCC1)NC1CCN(Cc2nnnn2Cc2ccco2)CC1.